The largest absolute Gasteiger partial charge is 0.474 e. The standard InChI is InChI=1S/C14H22FN3O2/c1-14(2,3)13-16-10-11(15)12(17-13)20-9-6-18-4-7-19-8-5-18/h10H,4-9H2,1-3H3. The number of morpholine rings is 1. The Morgan fingerprint density at radius 1 is 1.35 bits per heavy atom. The van der Waals surface area contributed by atoms with Gasteiger partial charge >= 0.3 is 0 Å². The third kappa shape index (κ3) is 4.11. The first kappa shape index (κ1) is 15.1. The monoisotopic (exact) mass is 283 g/mol. The van der Waals surface area contributed by atoms with E-state index < -0.39 is 5.82 Å². The maximum absolute atomic E-state index is 13.6. The van der Waals surface area contributed by atoms with Crippen LogP contribution in [0.25, 0.3) is 0 Å². The summed E-state index contributed by atoms with van der Waals surface area (Å²) in [6.45, 7) is 10.4. The zero-order valence-electron chi connectivity index (χ0n) is 12.4. The van der Waals surface area contributed by atoms with Crippen molar-refractivity contribution in [3.8, 4) is 5.88 Å². The molecule has 1 aliphatic heterocycles. The fourth-order valence-corrected chi connectivity index (χ4v) is 1.91. The van der Waals surface area contributed by atoms with Crippen LogP contribution in [0.5, 0.6) is 5.88 Å². The molecule has 6 heteroatoms. The van der Waals surface area contributed by atoms with E-state index in [1.54, 1.807) is 0 Å². The minimum absolute atomic E-state index is 0.0400. The highest BCUT2D eigenvalue weighted by Crippen LogP contribution is 2.21. The highest BCUT2D eigenvalue weighted by Gasteiger charge is 2.20. The third-order valence-electron chi connectivity index (χ3n) is 3.13. The van der Waals surface area contributed by atoms with Crippen LogP contribution in [-0.2, 0) is 10.2 Å². The zero-order chi connectivity index (χ0) is 14.6. The predicted molar refractivity (Wildman–Crippen MR) is 73.4 cm³/mol. The number of aromatic nitrogens is 2. The van der Waals surface area contributed by atoms with Crippen LogP contribution in [0.3, 0.4) is 0 Å². The molecule has 5 nitrogen and oxygen atoms in total. The number of halogens is 1. The third-order valence-corrected chi connectivity index (χ3v) is 3.13. The van der Waals surface area contributed by atoms with Crippen LogP contribution in [0.2, 0.25) is 0 Å². The van der Waals surface area contributed by atoms with Crippen LogP contribution in [0.4, 0.5) is 4.39 Å². The molecule has 0 radical (unpaired) electrons. The molecule has 2 heterocycles. The Hall–Kier alpha value is -1.27. The van der Waals surface area contributed by atoms with E-state index in [0.717, 1.165) is 32.8 Å². The minimum Gasteiger partial charge on any atom is -0.474 e. The van der Waals surface area contributed by atoms with Crippen molar-refractivity contribution in [1.29, 1.82) is 0 Å². The first-order valence-corrected chi connectivity index (χ1v) is 6.93. The quantitative estimate of drug-likeness (QED) is 0.840. The summed E-state index contributed by atoms with van der Waals surface area (Å²) in [4.78, 5) is 10.4. The molecule has 2 rings (SSSR count). The Morgan fingerprint density at radius 3 is 2.70 bits per heavy atom. The van der Waals surface area contributed by atoms with E-state index in [9.17, 15) is 4.39 Å². The van der Waals surface area contributed by atoms with Crippen LogP contribution >= 0.6 is 0 Å². The lowest BCUT2D eigenvalue weighted by Crippen LogP contribution is -2.38. The van der Waals surface area contributed by atoms with E-state index in [1.807, 2.05) is 20.8 Å². The fourth-order valence-electron chi connectivity index (χ4n) is 1.91. The molecule has 0 saturated carbocycles. The number of hydrogen-bond acceptors (Lipinski definition) is 5. The van der Waals surface area contributed by atoms with Gasteiger partial charge < -0.3 is 9.47 Å². The van der Waals surface area contributed by atoms with Crippen LogP contribution in [0, 0.1) is 5.82 Å². The summed E-state index contributed by atoms with van der Waals surface area (Å²) >= 11 is 0. The molecule has 1 aromatic heterocycles. The van der Waals surface area contributed by atoms with Gasteiger partial charge in [0.1, 0.15) is 12.4 Å². The van der Waals surface area contributed by atoms with E-state index in [-0.39, 0.29) is 11.3 Å². The van der Waals surface area contributed by atoms with E-state index in [0.29, 0.717) is 12.4 Å². The second kappa shape index (κ2) is 6.45. The minimum atomic E-state index is -0.514. The lowest BCUT2D eigenvalue weighted by molar-refractivity contribution is 0.0317. The summed E-state index contributed by atoms with van der Waals surface area (Å²) in [7, 11) is 0. The highest BCUT2D eigenvalue weighted by molar-refractivity contribution is 5.15. The molecule has 1 aromatic rings. The van der Waals surface area contributed by atoms with Crippen LogP contribution in [0.15, 0.2) is 6.20 Å². The molecular formula is C14H22FN3O2. The summed E-state index contributed by atoms with van der Waals surface area (Å²) in [5, 5.41) is 0. The second-order valence-corrected chi connectivity index (χ2v) is 5.90. The van der Waals surface area contributed by atoms with Crippen LogP contribution in [0.1, 0.15) is 26.6 Å². The van der Waals surface area contributed by atoms with Crippen molar-refractivity contribution in [2.75, 3.05) is 39.5 Å². The van der Waals surface area contributed by atoms with Gasteiger partial charge in [-0.05, 0) is 0 Å². The molecule has 1 fully saturated rings. The molecule has 20 heavy (non-hydrogen) atoms. The first-order valence-electron chi connectivity index (χ1n) is 6.93. The van der Waals surface area contributed by atoms with Gasteiger partial charge in [0.2, 0.25) is 5.82 Å². The number of hydrogen-bond donors (Lipinski definition) is 0. The smallest absolute Gasteiger partial charge is 0.253 e. The van der Waals surface area contributed by atoms with Crippen molar-refractivity contribution in [3.63, 3.8) is 0 Å². The van der Waals surface area contributed by atoms with Gasteiger partial charge in [0.15, 0.2) is 0 Å². The van der Waals surface area contributed by atoms with Crippen LogP contribution < -0.4 is 4.74 Å². The number of ether oxygens (including phenoxy) is 2. The summed E-state index contributed by atoms with van der Waals surface area (Å²) in [6, 6.07) is 0. The summed E-state index contributed by atoms with van der Waals surface area (Å²) in [6.07, 6.45) is 1.18. The molecule has 0 unspecified atom stereocenters. The summed E-state index contributed by atoms with van der Waals surface area (Å²) < 4.78 is 24.4. The van der Waals surface area contributed by atoms with E-state index >= 15 is 0 Å². The van der Waals surface area contributed by atoms with Gasteiger partial charge in [-0.25, -0.2) is 4.98 Å². The van der Waals surface area contributed by atoms with Crippen molar-refractivity contribution in [1.82, 2.24) is 14.9 Å². The van der Waals surface area contributed by atoms with Gasteiger partial charge in [0.05, 0.1) is 19.4 Å². The molecule has 112 valence electrons. The van der Waals surface area contributed by atoms with Crippen molar-refractivity contribution in [3.05, 3.63) is 17.8 Å². The molecular weight excluding hydrogens is 261 g/mol. The molecule has 0 aromatic carbocycles. The van der Waals surface area contributed by atoms with Crippen molar-refractivity contribution in [2.45, 2.75) is 26.2 Å². The maximum Gasteiger partial charge on any atom is 0.253 e. The molecule has 0 bridgehead atoms. The predicted octanol–water partition coefficient (Wildman–Crippen LogP) is 1.62. The van der Waals surface area contributed by atoms with E-state index in [2.05, 4.69) is 14.9 Å². The van der Waals surface area contributed by atoms with Crippen LogP contribution in [-0.4, -0.2) is 54.3 Å². The number of rotatable bonds is 4. The molecule has 1 aliphatic rings. The van der Waals surface area contributed by atoms with Gasteiger partial charge in [-0.2, -0.15) is 9.37 Å². The average Bonchev–Trinajstić information content (AvgIpc) is 2.41. The van der Waals surface area contributed by atoms with Crippen molar-refractivity contribution < 1.29 is 13.9 Å². The highest BCUT2D eigenvalue weighted by atomic mass is 19.1. The fraction of sp³-hybridized carbons (Fsp3) is 0.714. The lowest BCUT2D eigenvalue weighted by Gasteiger charge is -2.26. The van der Waals surface area contributed by atoms with E-state index in [1.165, 1.54) is 6.20 Å². The molecule has 0 atom stereocenters. The Bertz CT molecular complexity index is 443. The summed E-state index contributed by atoms with van der Waals surface area (Å²) in [5.41, 5.74) is -0.226. The SMILES string of the molecule is CC(C)(C)c1ncc(F)c(OCCN2CCOCC2)n1. The first-order chi connectivity index (χ1) is 9.47. The topological polar surface area (TPSA) is 47.5 Å². The Balaban J connectivity index is 1.91. The van der Waals surface area contributed by atoms with Crippen molar-refractivity contribution >= 4 is 0 Å². The Labute approximate surface area is 119 Å². The summed E-state index contributed by atoms with van der Waals surface area (Å²) in [5.74, 6) is 0.110. The number of nitrogens with zero attached hydrogens (tertiary/aromatic N) is 3. The van der Waals surface area contributed by atoms with Gasteiger partial charge in [0.25, 0.3) is 5.88 Å². The Morgan fingerprint density at radius 2 is 2.05 bits per heavy atom. The van der Waals surface area contributed by atoms with Gasteiger partial charge in [0, 0.05) is 25.0 Å². The molecule has 0 spiro atoms. The van der Waals surface area contributed by atoms with Gasteiger partial charge in [-0.1, -0.05) is 20.8 Å². The van der Waals surface area contributed by atoms with E-state index in [4.69, 9.17) is 9.47 Å². The van der Waals surface area contributed by atoms with Crippen molar-refractivity contribution in [2.24, 2.45) is 0 Å². The second-order valence-electron chi connectivity index (χ2n) is 5.90. The molecule has 0 aliphatic carbocycles. The average molecular weight is 283 g/mol. The van der Waals surface area contributed by atoms with Gasteiger partial charge in [-0.15, -0.1) is 0 Å². The molecule has 1 saturated heterocycles. The zero-order valence-corrected chi connectivity index (χ0v) is 12.4. The normalized spacial score (nSPS) is 17.2. The molecule has 0 amide bonds. The maximum atomic E-state index is 13.6. The van der Waals surface area contributed by atoms with Gasteiger partial charge in [-0.3, -0.25) is 4.90 Å². The Kier molecular flexibility index (Phi) is 4.88. The lowest BCUT2D eigenvalue weighted by atomic mass is 9.96. The molecule has 0 N–H and O–H groups in total.